The van der Waals surface area contributed by atoms with Gasteiger partial charge in [0.25, 0.3) is 11.6 Å². The van der Waals surface area contributed by atoms with E-state index in [9.17, 15) is 14.9 Å². The van der Waals surface area contributed by atoms with Crippen molar-refractivity contribution in [3.05, 3.63) is 58.1 Å². The number of nitrogens with zero attached hydrogens (tertiary/aromatic N) is 1. The van der Waals surface area contributed by atoms with Gasteiger partial charge in [-0.05, 0) is 50.2 Å². The van der Waals surface area contributed by atoms with Crippen molar-refractivity contribution >= 4 is 17.3 Å². The van der Waals surface area contributed by atoms with Crippen LogP contribution in [0.15, 0.2) is 42.5 Å². The van der Waals surface area contributed by atoms with E-state index < -0.39 is 10.8 Å². The molecule has 0 radical (unpaired) electrons. The van der Waals surface area contributed by atoms with E-state index in [4.69, 9.17) is 9.47 Å². The quantitative estimate of drug-likeness (QED) is 0.618. The molecule has 0 fully saturated rings. The summed E-state index contributed by atoms with van der Waals surface area (Å²) in [5, 5.41) is 13.7. The van der Waals surface area contributed by atoms with Crippen LogP contribution in [-0.2, 0) is 0 Å². The smallest absolute Gasteiger partial charge is 0.296 e. The Hall–Kier alpha value is -3.09. The molecule has 0 aliphatic rings. The van der Waals surface area contributed by atoms with Gasteiger partial charge in [0, 0.05) is 5.56 Å². The minimum absolute atomic E-state index is 0.113. The Kier molecular flexibility index (Phi) is 5.73. The molecule has 7 nitrogen and oxygen atoms in total. The molecule has 2 rings (SSSR count). The van der Waals surface area contributed by atoms with E-state index in [0.717, 1.165) is 0 Å². The minimum Gasteiger partial charge on any atom is -0.494 e. The molecule has 24 heavy (non-hydrogen) atoms. The first-order chi connectivity index (χ1) is 11.5. The second-order valence-corrected chi connectivity index (χ2v) is 4.78. The van der Waals surface area contributed by atoms with Gasteiger partial charge in [0.05, 0.1) is 24.2 Å². The van der Waals surface area contributed by atoms with Gasteiger partial charge in [0.15, 0.2) is 0 Å². The van der Waals surface area contributed by atoms with Crippen LogP contribution >= 0.6 is 0 Å². The molecule has 0 saturated heterocycles. The maximum absolute atomic E-state index is 12.3. The minimum atomic E-state index is -0.559. The Morgan fingerprint density at radius 1 is 1.04 bits per heavy atom. The summed E-state index contributed by atoms with van der Waals surface area (Å²) in [6.45, 7) is 4.58. The van der Waals surface area contributed by atoms with Crippen LogP contribution in [0.1, 0.15) is 24.2 Å². The summed E-state index contributed by atoms with van der Waals surface area (Å²) in [5.74, 6) is 0.592. The number of rotatable bonds is 7. The van der Waals surface area contributed by atoms with Crippen molar-refractivity contribution < 1.29 is 19.2 Å². The number of nitrogens with one attached hydrogen (secondary N) is 1. The average molecular weight is 330 g/mol. The highest BCUT2D eigenvalue weighted by Gasteiger charge is 2.18. The number of hydrogen-bond acceptors (Lipinski definition) is 5. The zero-order chi connectivity index (χ0) is 17.5. The highest BCUT2D eigenvalue weighted by Crippen LogP contribution is 2.29. The summed E-state index contributed by atoms with van der Waals surface area (Å²) in [5.41, 5.74) is 0.268. The number of nitro groups is 1. The van der Waals surface area contributed by atoms with E-state index in [1.165, 1.54) is 12.1 Å². The van der Waals surface area contributed by atoms with Crippen molar-refractivity contribution in [3.63, 3.8) is 0 Å². The maximum Gasteiger partial charge on any atom is 0.296 e. The van der Waals surface area contributed by atoms with Crippen LogP contribution in [-0.4, -0.2) is 24.0 Å². The summed E-state index contributed by atoms with van der Waals surface area (Å²) in [7, 11) is 0. The number of carbonyl (C=O) groups excluding carboxylic acids is 1. The Morgan fingerprint density at radius 2 is 1.62 bits per heavy atom. The fourth-order valence-electron chi connectivity index (χ4n) is 2.09. The number of benzene rings is 2. The van der Waals surface area contributed by atoms with Crippen molar-refractivity contribution in [2.24, 2.45) is 0 Å². The maximum atomic E-state index is 12.3. The van der Waals surface area contributed by atoms with Crippen LogP contribution in [0.5, 0.6) is 11.5 Å². The molecule has 0 heterocycles. The van der Waals surface area contributed by atoms with E-state index in [1.54, 1.807) is 37.3 Å². The van der Waals surface area contributed by atoms with Crippen LogP contribution in [0.25, 0.3) is 0 Å². The summed E-state index contributed by atoms with van der Waals surface area (Å²) in [6, 6.07) is 10.9. The van der Waals surface area contributed by atoms with Crippen LogP contribution in [0.3, 0.4) is 0 Å². The lowest BCUT2D eigenvalue weighted by molar-refractivity contribution is -0.384. The Balaban J connectivity index is 2.20. The third-order valence-corrected chi connectivity index (χ3v) is 3.15. The van der Waals surface area contributed by atoms with Gasteiger partial charge in [0.2, 0.25) is 0 Å². The predicted molar refractivity (Wildman–Crippen MR) is 89.8 cm³/mol. The van der Waals surface area contributed by atoms with Crippen molar-refractivity contribution in [1.29, 1.82) is 0 Å². The molecule has 0 aliphatic carbocycles. The Morgan fingerprint density at radius 3 is 2.21 bits per heavy atom. The van der Waals surface area contributed by atoms with E-state index in [-0.39, 0.29) is 11.4 Å². The summed E-state index contributed by atoms with van der Waals surface area (Å²) in [6.07, 6.45) is 0. The summed E-state index contributed by atoms with van der Waals surface area (Å²) >= 11 is 0. The van der Waals surface area contributed by atoms with Gasteiger partial charge in [-0.3, -0.25) is 14.9 Å². The first kappa shape index (κ1) is 17.3. The molecule has 2 aromatic rings. The molecule has 0 aromatic heterocycles. The van der Waals surface area contributed by atoms with Gasteiger partial charge in [-0.2, -0.15) is 0 Å². The largest absolute Gasteiger partial charge is 0.494 e. The molecule has 0 saturated carbocycles. The van der Waals surface area contributed by atoms with Crippen LogP contribution in [0.2, 0.25) is 0 Å². The van der Waals surface area contributed by atoms with Crippen molar-refractivity contribution in [2.75, 3.05) is 18.5 Å². The Labute approximate surface area is 139 Å². The van der Waals surface area contributed by atoms with Crippen LogP contribution in [0, 0.1) is 10.1 Å². The molecule has 0 atom stereocenters. The van der Waals surface area contributed by atoms with E-state index in [2.05, 4.69) is 5.32 Å². The number of ether oxygens (including phenoxy) is 2. The Bertz CT molecular complexity index is 728. The normalized spacial score (nSPS) is 10.1. The van der Waals surface area contributed by atoms with Gasteiger partial charge in [-0.15, -0.1) is 0 Å². The number of carbonyl (C=O) groups is 1. The third kappa shape index (κ3) is 4.22. The molecular formula is C17H18N2O5. The second kappa shape index (κ2) is 7.96. The first-order valence-electron chi connectivity index (χ1n) is 7.50. The van der Waals surface area contributed by atoms with Crippen molar-refractivity contribution in [1.82, 2.24) is 0 Å². The van der Waals surface area contributed by atoms with Gasteiger partial charge in [-0.25, -0.2) is 0 Å². The molecule has 0 aliphatic heterocycles. The van der Waals surface area contributed by atoms with Gasteiger partial charge in [0.1, 0.15) is 17.2 Å². The first-order valence-corrected chi connectivity index (χ1v) is 7.50. The molecule has 0 spiro atoms. The fraction of sp³-hybridized carbons (Fsp3) is 0.235. The van der Waals surface area contributed by atoms with Crippen molar-refractivity contribution in [2.45, 2.75) is 13.8 Å². The zero-order valence-electron chi connectivity index (χ0n) is 13.4. The van der Waals surface area contributed by atoms with Crippen LogP contribution in [0.4, 0.5) is 11.4 Å². The van der Waals surface area contributed by atoms with Crippen LogP contribution < -0.4 is 14.8 Å². The van der Waals surface area contributed by atoms with Crippen molar-refractivity contribution in [3.8, 4) is 11.5 Å². The summed E-state index contributed by atoms with van der Waals surface area (Å²) < 4.78 is 10.6. The fourth-order valence-corrected chi connectivity index (χ4v) is 2.09. The van der Waals surface area contributed by atoms with Gasteiger partial charge in [-0.1, -0.05) is 0 Å². The van der Waals surface area contributed by atoms with E-state index >= 15 is 0 Å². The summed E-state index contributed by atoms with van der Waals surface area (Å²) in [4.78, 5) is 22.9. The van der Waals surface area contributed by atoms with Gasteiger partial charge < -0.3 is 14.8 Å². The highest BCUT2D eigenvalue weighted by atomic mass is 16.6. The lowest BCUT2D eigenvalue weighted by Gasteiger charge is -2.09. The predicted octanol–water partition coefficient (Wildman–Crippen LogP) is 3.64. The lowest BCUT2D eigenvalue weighted by Crippen LogP contribution is -2.13. The molecular weight excluding hydrogens is 312 g/mol. The third-order valence-electron chi connectivity index (χ3n) is 3.15. The molecule has 1 N–H and O–H groups in total. The number of hydrogen-bond donors (Lipinski definition) is 1. The van der Waals surface area contributed by atoms with E-state index in [0.29, 0.717) is 30.3 Å². The highest BCUT2D eigenvalue weighted by molar-refractivity contribution is 6.05. The number of amides is 1. The molecule has 2 aromatic carbocycles. The second-order valence-electron chi connectivity index (χ2n) is 4.78. The van der Waals surface area contributed by atoms with Gasteiger partial charge >= 0.3 is 0 Å². The molecule has 7 heteroatoms. The molecule has 0 bridgehead atoms. The standard InChI is InChI=1S/C17H18N2O5/c1-3-23-13-7-5-12(6-8-13)17(20)18-15-10-9-14(24-4-2)11-16(15)19(21)22/h5-11H,3-4H2,1-2H3,(H,18,20). The lowest BCUT2D eigenvalue weighted by atomic mass is 10.2. The number of nitro benzene ring substituents is 1. The van der Waals surface area contributed by atoms with E-state index in [1.807, 2.05) is 6.92 Å². The topological polar surface area (TPSA) is 90.7 Å². The average Bonchev–Trinajstić information content (AvgIpc) is 2.57. The molecule has 1 amide bonds. The molecule has 126 valence electrons. The number of anilines is 1. The molecule has 0 unspecified atom stereocenters. The zero-order valence-corrected chi connectivity index (χ0v) is 13.4. The monoisotopic (exact) mass is 330 g/mol. The SMILES string of the molecule is CCOc1ccc(C(=O)Nc2ccc(OCC)cc2[N+](=O)[O-])cc1.